The topological polar surface area (TPSA) is 75.3 Å². The van der Waals surface area contributed by atoms with Crippen LogP contribution in [0.2, 0.25) is 0 Å². The van der Waals surface area contributed by atoms with Crippen molar-refractivity contribution in [2.45, 2.75) is 23.2 Å². The normalized spacial score (nSPS) is 15.3. The van der Waals surface area contributed by atoms with Crippen LogP contribution in [0.25, 0.3) is 0 Å². The summed E-state index contributed by atoms with van der Waals surface area (Å²) < 4.78 is 37.3. The van der Waals surface area contributed by atoms with E-state index in [4.69, 9.17) is 0 Å². The Morgan fingerprint density at radius 2 is 1.65 bits per heavy atom. The Morgan fingerprint density at radius 1 is 1.00 bits per heavy atom. The fourth-order valence-electron chi connectivity index (χ4n) is 2.88. The molecule has 1 aliphatic carbocycles. The maximum absolute atomic E-state index is 13.0. The van der Waals surface area contributed by atoms with Gasteiger partial charge in [0.05, 0.1) is 10.6 Å². The average molecular weight is 376 g/mol. The number of halogens is 1. The number of benzene rings is 2. The number of sulfone groups is 1. The second kappa shape index (κ2) is 7.45. The number of rotatable bonds is 7. The maximum Gasteiger partial charge on any atom is 0.314 e. The second-order valence-electron chi connectivity index (χ2n) is 6.53. The summed E-state index contributed by atoms with van der Waals surface area (Å²) in [7, 11) is -3.41. The van der Waals surface area contributed by atoms with E-state index in [2.05, 4.69) is 10.6 Å². The Labute approximate surface area is 152 Å². The number of carbonyl (C=O) groups is 1. The first kappa shape index (κ1) is 18.4. The Balaban J connectivity index is 1.46. The highest BCUT2D eigenvalue weighted by atomic mass is 32.2. The van der Waals surface area contributed by atoms with E-state index in [0.29, 0.717) is 6.54 Å². The maximum atomic E-state index is 13.0. The van der Waals surface area contributed by atoms with Crippen LogP contribution in [0.5, 0.6) is 0 Å². The van der Waals surface area contributed by atoms with Gasteiger partial charge >= 0.3 is 6.03 Å². The summed E-state index contributed by atoms with van der Waals surface area (Å²) >= 11 is 0. The van der Waals surface area contributed by atoms with E-state index in [9.17, 15) is 17.6 Å². The van der Waals surface area contributed by atoms with Crippen LogP contribution in [0.4, 0.5) is 9.18 Å². The van der Waals surface area contributed by atoms with Gasteiger partial charge in [-0.05, 0) is 42.7 Å². The van der Waals surface area contributed by atoms with Crippen molar-refractivity contribution in [3.8, 4) is 0 Å². The molecule has 2 N–H and O–H groups in total. The van der Waals surface area contributed by atoms with Crippen LogP contribution in [0, 0.1) is 5.82 Å². The van der Waals surface area contributed by atoms with Gasteiger partial charge in [-0.2, -0.15) is 0 Å². The quantitative estimate of drug-likeness (QED) is 0.780. The molecule has 5 nitrogen and oxygen atoms in total. The molecule has 138 valence electrons. The summed E-state index contributed by atoms with van der Waals surface area (Å²) in [5.41, 5.74) is 0.868. The monoisotopic (exact) mass is 376 g/mol. The van der Waals surface area contributed by atoms with Crippen molar-refractivity contribution < 1.29 is 17.6 Å². The van der Waals surface area contributed by atoms with Gasteiger partial charge in [0.15, 0.2) is 9.84 Å². The van der Waals surface area contributed by atoms with Crippen molar-refractivity contribution in [3.63, 3.8) is 0 Å². The zero-order valence-electron chi connectivity index (χ0n) is 14.2. The number of hydrogen-bond donors (Lipinski definition) is 2. The van der Waals surface area contributed by atoms with E-state index >= 15 is 0 Å². The van der Waals surface area contributed by atoms with E-state index in [-0.39, 0.29) is 28.4 Å². The fourth-order valence-corrected chi connectivity index (χ4v) is 4.06. The first-order valence-corrected chi connectivity index (χ1v) is 10.1. The van der Waals surface area contributed by atoms with Gasteiger partial charge in [0.25, 0.3) is 0 Å². The molecule has 0 unspecified atom stereocenters. The van der Waals surface area contributed by atoms with E-state index in [0.717, 1.165) is 18.4 Å². The molecule has 0 aliphatic heterocycles. The molecule has 7 heteroatoms. The molecule has 1 saturated carbocycles. The fraction of sp³-hybridized carbons (Fsp3) is 0.316. The molecule has 3 rings (SSSR count). The summed E-state index contributed by atoms with van der Waals surface area (Å²) in [5, 5.41) is 5.37. The smallest absolute Gasteiger partial charge is 0.314 e. The number of hydrogen-bond acceptors (Lipinski definition) is 3. The van der Waals surface area contributed by atoms with E-state index < -0.39 is 15.9 Å². The van der Waals surface area contributed by atoms with Gasteiger partial charge in [-0.1, -0.05) is 30.3 Å². The first-order chi connectivity index (χ1) is 12.4. The molecule has 0 spiro atoms. The Bertz CT molecular complexity index is 863. The lowest BCUT2D eigenvalue weighted by Gasteiger charge is -2.17. The minimum absolute atomic E-state index is 0.0343. The van der Waals surface area contributed by atoms with Gasteiger partial charge in [0.2, 0.25) is 0 Å². The van der Waals surface area contributed by atoms with Gasteiger partial charge in [-0.15, -0.1) is 0 Å². The molecule has 2 aromatic carbocycles. The summed E-state index contributed by atoms with van der Waals surface area (Å²) in [6.45, 7) is 0.475. The number of carbonyl (C=O) groups excluding carboxylic acids is 1. The molecule has 0 aromatic heterocycles. The van der Waals surface area contributed by atoms with Gasteiger partial charge < -0.3 is 10.6 Å². The van der Waals surface area contributed by atoms with Crippen molar-refractivity contribution in [1.29, 1.82) is 0 Å². The zero-order chi connectivity index (χ0) is 18.6. The molecule has 1 aliphatic rings. The first-order valence-electron chi connectivity index (χ1n) is 8.47. The predicted octanol–water partition coefficient (Wildman–Crippen LogP) is 2.63. The van der Waals surface area contributed by atoms with Crippen molar-refractivity contribution in [2.24, 2.45) is 0 Å². The van der Waals surface area contributed by atoms with Gasteiger partial charge in [0, 0.05) is 18.5 Å². The summed E-state index contributed by atoms with van der Waals surface area (Å²) in [5.74, 6) is -0.442. The SMILES string of the molecule is O=C(NCCS(=O)(=O)c1ccccc1)NCC1(c2ccc(F)cc2)CC1. The highest BCUT2D eigenvalue weighted by molar-refractivity contribution is 7.91. The molecule has 2 amide bonds. The summed E-state index contributed by atoms with van der Waals surface area (Å²) in [6.07, 6.45) is 1.86. The van der Waals surface area contributed by atoms with Gasteiger partial charge in [0.1, 0.15) is 5.82 Å². The lowest BCUT2D eigenvalue weighted by atomic mass is 9.96. The van der Waals surface area contributed by atoms with Crippen molar-refractivity contribution in [3.05, 3.63) is 66.0 Å². The Morgan fingerprint density at radius 3 is 2.27 bits per heavy atom. The van der Waals surface area contributed by atoms with E-state index in [1.54, 1.807) is 30.3 Å². The standard InChI is InChI=1S/C19H21FN2O3S/c20-16-8-6-15(7-9-16)19(10-11-19)14-22-18(23)21-12-13-26(24,25)17-4-2-1-3-5-17/h1-9H,10-14H2,(H2,21,22,23). The minimum Gasteiger partial charge on any atom is -0.337 e. The van der Waals surface area contributed by atoms with Crippen LogP contribution in [0.15, 0.2) is 59.5 Å². The van der Waals surface area contributed by atoms with E-state index in [1.807, 2.05) is 0 Å². The molecule has 0 radical (unpaired) electrons. The predicted molar refractivity (Wildman–Crippen MR) is 97.2 cm³/mol. The Kier molecular flexibility index (Phi) is 5.27. The lowest BCUT2D eigenvalue weighted by Crippen LogP contribution is -2.41. The van der Waals surface area contributed by atoms with Crippen LogP contribution < -0.4 is 10.6 Å². The summed E-state index contributed by atoms with van der Waals surface area (Å²) in [6, 6.07) is 14.1. The number of amides is 2. The average Bonchev–Trinajstić information content (AvgIpc) is 3.42. The Hall–Kier alpha value is -2.41. The molecule has 0 heterocycles. The van der Waals surface area contributed by atoms with Crippen LogP contribution in [-0.2, 0) is 15.3 Å². The minimum atomic E-state index is -3.41. The largest absolute Gasteiger partial charge is 0.337 e. The second-order valence-corrected chi connectivity index (χ2v) is 8.64. The van der Waals surface area contributed by atoms with Crippen LogP contribution in [0.3, 0.4) is 0 Å². The zero-order valence-corrected chi connectivity index (χ0v) is 15.1. The van der Waals surface area contributed by atoms with Crippen LogP contribution >= 0.6 is 0 Å². The highest BCUT2D eigenvalue weighted by Gasteiger charge is 2.44. The molecule has 1 fully saturated rings. The lowest BCUT2D eigenvalue weighted by molar-refractivity contribution is 0.240. The molecule has 2 aromatic rings. The van der Waals surface area contributed by atoms with Crippen LogP contribution in [-0.4, -0.2) is 33.3 Å². The molecular formula is C19H21FN2O3S. The molecule has 0 atom stereocenters. The third-order valence-corrected chi connectivity index (χ3v) is 6.39. The highest BCUT2D eigenvalue weighted by Crippen LogP contribution is 2.47. The van der Waals surface area contributed by atoms with E-state index in [1.165, 1.54) is 24.3 Å². The van der Waals surface area contributed by atoms with Crippen molar-refractivity contribution in [2.75, 3.05) is 18.8 Å². The molecule has 0 saturated heterocycles. The molecular weight excluding hydrogens is 355 g/mol. The van der Waals surface area contributed by atoms with Crippen molar-refractivity contribution >= 4 is 15.9 Å². The summed E-state index contributed by atoms with van der Waals surface area (Å²) in [4.78, 5) is 12.2. The van der Waals surface area contributed by atoms with Gasteiger partial charge in [-0.25, -0.2) is 17.6 Å². The van der Waals surface area contributed by atoms with Gasteiger partial charge in [-0.3, -0.25) is 0 Å². The number of nitrogens with one attached hydrogen (secondary N) is 2. The van der Waals surface area contributed by atoms with Crippen molar-refractivity contribution in [1.82, 2.24) is 10.6 Å². The van der Waals surface area contributed by atoms with Crippen LogP contribution in [0.1, 0.15) is 18.4 Å². The third-order valence-electron chi connectivity index (χ3n) is 4.66. The molecule has 0 bridgehead atoms. The molecule has 26 heavy (non-hydrogen) atoms. The number of urea groups is 1. The third kappa shape index (κ3) is 4.40.